The molecular weight excluding hydrogens is 214 g/mol. The van der Waals surface area contributed by atoms with Gasteiger partial charge in [0.2, 0.25) is 0 Å². The molecule has 3 heteroatoms. The van der Waals surface area contributed by atoms with E-state index in [0.29, 0.717) is 19.3 Å². The molecule has 0 aliphatic rings. The third-order valence-corrected chi connectivity index (χ3v) is 3.24. The highest BCUT2D eigenvalue weighted by molar-refractivity contribution is 4.67. The van der Waals surface area contributed by atoms with Gasteiger partial charge in [0.1, 0.15) is 0 Å². The highest BCUT2D eigenvalue weighted by atomic mass is 16.5. The van der Waals surface area contributed by atoms with Crippen LogP contribution >= 0.6 is 0 Å². The molecule has 0 rings (SSSR count). The van der Waals surface area contributed by atoms with Gasteiger partial charge in [0.15, 0.2) is 0 Å². The molecule has 0 heterocycles. The average molecular weight is 245 g/mol. The summed E-state index contributed by atoms with van der Waals surface area (Å²) in [4.78, 5) is 0. The molecule has 104 valence electrons. The summed E-state index contributed by atoms with van der Waals surface area (Å²) in [6, 6.07) is 0.291. The molecule has 0 spiro atoms. The predicted molar refractivity (Wildman–Crippen MR) is 73.2 cm³/mol. The Kier molecular flexibility index (Phi) is 12.3. The third-order valence-electron chi connectivity index (χ3n) is 3.24. The average Bonchev–Trinajstić information content (AvgIpc) is 2.34. The van der Waals surface area contributed by atoms with Crippen LogP contribution < -0.4 is 5.73 Å². The van der Waals surface area contributed by atoms with Gasteiger partial charge in [-0.1, -0.05) is 39.5 Å². The number of unbranched alkanes of at least 4 members (excludes halogenated alkanes) is 1. The summed E-state index contributed by atoms with van der Waals surface area (Å²) >= 11 is 0. The minimum atomic E-state index is 0.291. The summed E-state index contributed by atoms with van der Waals surface area (Å²) in [7, 11) is 1.69. The first-order valence-electron chi connectivity index (χ1n) is 7.06. The Morgan fingerprint density at radius 1 is 1.06 bits per heavy atom. The highest BCUT2D eigenvalue weighted by Crippen LogP contribution is 2.18. The molecule has 2 N–H and O–H groups in total. The zero-order chi connectivity index (χ0) is 12.9. The second-order valence-corrected chi connectivity index (χ2v) is 4.81. The van der Waals surface area contributed by atoms with Crippen LogP contribution in [0.4, 0.5) is 0 Å². The number of methoxy groups -OCH3 is 1. The van der Waals surface area contributed by atoms with Gasteiger partial charge >= 0.3 is 0 Å². The third kappa shape index (κ3) is 10.7. The fourth-order valence-corrected chi connectivity index (χ4v) is 2.01. The highest BCUT2D eigenvalue weighted by Gasteiger charge is 2.11. The van der Waals surface area contributed by atoms with Crippen LogP contribution in [0.1, 0.15) is 52.4 Å². The molecule has 0 aromatic rings. The quantitative estimate of drug-likeness (QED) is 0.538. The summed E-state index contributed by atoms with van der Waals surface area (Å²) in [6.07, 6.45) is 7.29. The van der Waals surface area contributed by atoms with Crippen LogP contribution in [0.2, 0.25) is 0 Å². The smallest absolute Gasteiger partial charge is 0.0700 e. The van der Waals surface area contributed by atoms with E-state index in [1.54, 1.807) is 7.11 Å². The molecule has 3 nitrogen and oxygen atoms in total. The number of ether oxygens (including phenoxy) is 2. The van der Waals surface area contributed by atoms with Crippen molar-refractivity contribution < 1.29 is 9.47 Å². The second kappa shape index (κ2) is 12.3. The van der Waals surface area contributed by atoms with Gasteiger partial charge in [-0.2, -0.15) is 0 Å². The maximum atomic E-state index is 6.13. The van der Waals surface area contributed by atoms with Crippen molar-refractivity contribution >= 4 is 0 Å². The van der Waals surface area contributed by atoms with Crippen molar-refractivity contribution in [1.29, 1.82) is 0 Å². The Bertz CT molecular complexity index is 153. The standard InChI is InChI=1S/C14H31NO2/c1-4-6-7-13(5-2)12-14(15)8-9-17-11-10-16-3/h13-14H,4-12,15H2,1-3H3. The number of nitrogens with two attached hydrogens (primary N) is 1. The summed E-state index contributed by atoms with van der Waals surface area (Å²) in [5, 5.41) is 0. The lowest BCUT2D eigenvalue weighted by molar-refractivity contribution is 0.0662. The predicted octanol–water partition coefficient (Wildman–Crippen LogP) is 2.97. The molecule has 0 amide bonds. The Balaban J connectivity index is 3.49. The van der Waals surface area contributed by atoms with Crippen LogP contribution in [0, 0.1) is 5.92 Å². The van der Waals surface area contributed by atoms with Gasteiger partial charge in [0.25, 0.3) is 0 Å². The summed E-state index contributed by atoms with van der Waals surface area (Å²) in [5.74, 6) is 0.795. The molecule has 17 heavy (non-hydrogen) atoms. The molecular formula is C14H31NO2. The van der Waals surface area contributed by atoms with Crippen LogP contribution in [0.15, 0.2) is 0 Å². The van der Waals surface area contributed by atoms with E-state index in [0.717, 1.165) is 25.4 Å². The molecule has 0 aromatic carbocycles. The molecule has 0 bridgehead atoms. The molecule has 0 aromatic heterocycles. The molecule has 0 aliphatic heterocycles. The number of hydrogen-bond acceptors (Lipinski definition) is 3. The molecule has 0 saturated heterocycles. The van der Waals surface area contributed by atoms with Crippen molar-refractivity contribution in [3.63, 3.8) is 0 Å². The minimum absolute atomic E-state index is 0.291. The first kappa shape index (κ1) is 16.9. The van der Waals surface area contributed by atoms with Gasteiger partial charge in [0, 0.05) is 19.8 Å². The Morgan fingerprint density at radius 3 is 2.41 bits per heavy atom. The Labute approximate surface area is 107 Å². The van der Waals surface area contributed by atoms with Crippen molar-refractivity contribution in [3.05, 3.63) is 0 Å². The molecule has 0 saturated carbocycles. The number of rotatable bonds is 12. The maximum Gasteiger partial charge on any atom is 0.0700 e. The minimum Gasteiger partial charge on any atom is -0.382 e. The summed E-state index contributed by atoms with van der Waals surface area (Å²) in [5.41, 5.74) is 6.13. The largest absolute Gasteiger partial charge is 0.382 e. The van der Waals surface area contributed by atoms with E-state index in [1.165, 1.54) is 25.7 Å². The lowest BCUT2D eigenvalue weighted by atomic mass is 9.91. The van der Waals surface area contributed by atoms with E-state index in [1.807, 2.05) is 0 Å². The molecule has 0 fully saturated rings. The Hall–Kier alpha value is -0.120. The maximum absolute atomic E-state index is 6.13. The summed E-state index contributed by atoms with van der Waals surface area (Å²) in [6.45, 7) is 6.62. The first-order chi connectivity index (χ1) is 8.24. The van der Waals surface area contributed by atoms with Gasteiger partial charge in [-0.15, -0.1) is 0 Å². The van der Waals surface area contributed by atoms with E-state index < -0.39 is 0 Å². The van der Waals surface area contributed by atoms with Crippen molar-refractivity contribution in [2.45, 2.75) is 58.4 Å². The second-order valence-electron chi connectivity index (χ2n) is 4.81. The van der Waals surface area contributed by atoms with Crippen LogP contribution in [0.5, 0.6) is 0 Å². The Morgan fingerprint density at radius 2 is 1.82 bits per heavy atom. The monoisotopic (exact) mass is 245 g/mol. The van der Waals surface area contributed by atoms with Crippen molar-refractivity contribution in [2.24, 2.45) is 11.7 Å². The van der Waals surface area contributed by atoms with E-state index in [-0.39, 0.29) is 0 Å². The first-order valence-corrected chi connectivity index (χ1v) is 7.06. The molecule has 0 radical (unpaired) electrons. The van der Waals surface area contributed by atoms with E-state index in [4.69, 9.17) is 15.2 Å². The SMILES string of the molecule is CCCCC(CC)CC(N)CCOCCOC. The fourth-order valence-electron chi connectivity index (χ4n) is 2.01. The number of hydrogen-bond donors (Lipinski definition) is 1. The lowest BCUT2D eigenvalue weighted by Gasteiger charge is -2.19. The molecule has 0 aliphatic carbocycles. The van der Waals surface area contributed by atoms with Crippen molar-refractivity contribution in [1.82, 2.24) is 0 Å². The zero-order valence-electron chi connectivity index (χ0n) is 11.9. The van der Waals surface area contributed by atoms with E-state index in [2.05, 4.69) is 13.8 Å². The molecule has 2 unspecified atom stereocenters. The van der Waals surface area contributed by atoms with Gasteiger partial charge in [-0.3, -0.25) is 0 Å². The van der Waals surface area contributed by atoms with E-state index >= 15 is 0 Å². The van der Waals surface area contributed by atoms with Gasteiger partial charge in [-0.25, -0.2) is 0 Å². The van der Waals surface area contributed by atoms with E-state index in [9.17, 15) is 0 Å². The van der Waals surface area contributed by atoms with Crippen molar-refractivity contribution in [3.8, 4) is 0 Å². The zero-order valence-corrected chi connectivity index (χ0v) is 11.9. The normalized spacial score (nSPS) is 14.8. The van der Waals surface area contributed by atoms with Crippen LogP contribution in [-0.2, 0) is 9.47 Å². The van der Waals surface area contributed by atoms with Crippen LogP contribution in [0.25, 0.3) is 0 Å². The fraction of sp³-hybridized carbons (Fsp3) is 1.00. The molecule has 2 atom stereocenters. The lowest BCUT2D eigenvalue weighted by Crippen LogP contribution is -2.25. The van der Waals surface area contributed by atoms with Crippen LogP contribution in [-0.4, -0.2) is 33.0 Å². The topological polar surface area (TPSA) is 44.5 Å². The van der Waals surface area contributed by atoms with Crippen LogP contribution in [0.3, 0.4) is 0 Å². The summed E-state index contributed by atoms with van der Waals surface area (Å²) < 4.78 is 10.4. The van der Waals surface area contributed by atoms with Crippen molar-refractivity contribution in [2.75, 3.05) is 26.9 Å². The van der Waals surface area contributed by atoms with Gasteiger partial charge in [-0.05, 0) is 18.8 Å². The van der Waals surface area contributed by atoms with Gasteiger partial charge in [0.05, 0.1) is 13.2 Å². The van der Waals surface area contributed by atoms with Gasteiger partial charge < -0.3 is 15.2 Å².